The summed E-state index contributed by atoms with van der Waals surface area (Å²) in [5.74, 6) is 0.573. The molecule has 0 radical (unpaired) electrons. The van der Waals surface area contributed by atoms with Crippen LogP contribution in [0.15, 0.2) is 59.7 Å². The van der Waals surface area contributed by atoms with Crippen LogP contribution in [0.2, 0.25) is 0 Å². The summed E-state index contributed by atoms with van der Waals surface area (Å²) < 4.78 is 11.3. The number of nitrogens with zero attached hydrogens (tertiary/aromatic N) is 3. The van der Waals surface area contributed by atoms with E-state index in [1.54, 1.807) is 12.1 Å². The number of hydrogen-bond donors (Lipinski definition) is 0. The van der Waals surface area contributed by atoms with Crippen LogP contribution in [-0.2, 0) is 9.53 Å². The van der Waals surface area contributed by atoms with Crippen LogP contribution in [-0.4, -0.2) is 34.6 Å². The summed E-state index contributed by atoms with van der Waals surface area (Å²) in [6.45, 7) is 1.48. The van der Waals surface area contributed by atoms with E-state index in [-0.39, 0.29) is 24.1 Å². The molecule has 0 bridgehead atoms. The Balaban J connectivity index is 1.73. The fourth-order valence-corrected chi connectivity index (χ4v) is 2.28. The molecule has 0 fully saturated rings. The predicted molar refractivity (Wildman–Crippen MR) is 89.0 cm³/mol. The van der Waals surface area contributed by atoms with Crippen molar-refractivity contribution in [1.82, 2.24) is 5.01 Å². The number of nitro groups is 1. The van der Waals surface area contributed by atoms with Gasteiger partial charge in [0.15, 0.2) is 0 Å². The molecule has 1 atom stereocenters. The minimum Gasteiger partial charge on any atom is -0.488 e. The number of ether oxygens (including phenoxy) is 2. The van der Waals surface area contributed by atoms with E-state index in [0.29, 0.717) is 11.3 Å². The van der Waals surface area contributed by atoms with E-state index in [1.807, 2.05) is 18.2 Å². The molecule has 0 aliphatic carbocycles. The number of nitro benzene ring substituents is 1. The Morgan fingerprint density at radius 3 is 2.52 bits per heavy atom. The molecule has 25 heavy (non-hydrogen) atoms. The van der Waals surface area contributed by atoms with Crippen LogP contribution < -0.4 is 4.74 Å². The molecule has 0 saturated heterocycles. The van der Waals surface area contributed by atoms with Crippen LogP contribution in [0.25, 0.3) is 0 Å². The summed E-state index contributed by atoms with van der Waals surface area (Å²) in [5, 5.41) is 16.1. The molecule has 1 aliphatic heterocycles. The number of para-hydroxylation sites is 1. The van der Waals surface area contributed by atoms with Gasteiger partial charge in [0.2, 0.25) is 18.0 Å². The molecular formula is C17H15N3O5. The van der Waals surface area contributed by atoms with E-state index in [4.69, 9.17) is 9.47 Å². The van der Waals surface area contributed by atoms with E-state index < -0.39 is 11.2 Å². The first-order valence-corrected chi connectivity index (χ1v) is 7.52. The Hall–Kier alpha value is -3.42. The fourth-order valence-electron chi connectivity index (χ4n) is 2.28. The van der Waals surface area contributed by atoms with Crippen molar-refractivity contribution >= 4 is 17.5 Å². The van der Waals surface area contributed by atoms with Crippen molar-refractivity contribution in [3.63, 3.8) is 0 Å². The van der Waals surface area contributed by atoms with Crippen molar-refractivity contribution in [2.75, 3.05) is 6.61 Å². The number of non-ortho nitro benzene ring substituents is 1. The molecule has 0 aromatic heterocycles. The van der Waals surface area contributed by atoms with Crippen molar-refractivity contribution in [1.29, 1.82) is 0 Å². The van der Waals surface area contributed by atoms with Gasteiger partial charge in [-0.3, -0.25) is 14.9 Å². The van der Waals surface area contributed by atoms with Crippen molar-refractivity contribution in [2.24, 2.45) is 5.10 Å². The molecule has 128 valence electrons. The third-order valence-corrected chi connectivity index (χ3v) is 3.50. The average molecular weight is 341 g/mol. The number of rotatable bonds is 5. The number of hydrazone groups is 1. The van der Waals surface area contributed by atoms with Crippen LogP contribution in [0.1, 0.15) is 12.5 Å². The van der Waals surface area contributed by atoms with Gasteiger partial charge in [0.1, 0.15) is 12.4 Å². The quantitative estimate of drug-likeness (QED) is 0.615. The van der Waals surface area contributed by atoms with E-state index in [2.05, 4.69) is 5.10 Å². The Kier molecular flexibility index (Phi) is 4.60. The van der Waals surface area contributed by atoms with Crippen LogP contribution in [0.4, 0.5) is 5.69 Å². The van der Waals surface area contributed by atoms with Gasteiger partial charge in [-0.1, -0.05) is 18.2 Å². The standard InChI is InChI=1S/C17H15N3O5/c1-12(21)19-16(11-24-15-5-3-2-4-6-15)25-17(18-19)13-7-9-14(10-8-13)20(22)23/h2-10,16H,11H2,1H3. The monoisotopic (exact) mass is 341 g/mol. The Morgan fingerprint density at radius 2 is 1.92 bits per heavy atom. The lowest BCUT2D eigenvalue weighted by Gasteiger charge is -2.19. The number of carbonyl (C=O) groups is 1. The normalized spacial score (nSPS) is 16.1. The zero-order valence-corrected chi connectivity index (χ0v) is 13.4. The highest BCUT2D eigenvalue weighted by Crippen LogP contribution is 2.21. The summed E-state index contributed by atoms with van der Waals surface area (Å²) in [6, 6.07) is 14.9. The maximum Gasteiger partial charge on any atom is 0.269 e. The van der Waals surface area contributed by atoms with E-state index in [0.717, 1.165) is 0 Å². The van der Waals surface area contributed by atoms with Crippen LogP contribution in [0.5, 0.6) is 5.75 Å². The average Bonchev–Trinajstić information content (AvgIpc) is 3.05. The molecule has 0 N–H and O–H groups in total. The van der Waals surface area contributed by atoms with Gasteiger partial charge in [-0.15, -0.1) is 5.10 Å². The zero-order chi connectivity index (χ0) is 17.8. The first-order chi connectivity index (χ1) is 12.0. The lowest BCUT2D eigenvalue weighted by atomic mass is 10.2. The van der Waals surface area contributed by atoms with Gasteiger partial charge < -0.3 is 9.47 Å². The maximum atomic E-state index is 11.8. The first kappa shape index (κ1) is 16.4. The molecule has 1 amide bonds. The second-order valence-corrected chi connectivity index (χ2v) is 5.27. The molecular weight excluding hydrogens is 326 g/mol. The molecule has 2 aromatic carbocycles. The minimum absolute atomic E-state index is 0.0327. The molecule has 8 heteroatoms. The van der Waals surface area contributed by atoms with Crippen molar-refractivity contribution in [2.45, 2.75) is 13.2 Å². The van der Waals surface area contributed by atoms with E-state index in [1.165, 1.54) is 36.2 Å². The lowest BCUT2D eigenvalue weighted by molar-refractivity contribution is -0.384. The first-order valence-electron chi connectivity index (χ1n) is 7.52. The van der Waals surface area contributed by atoms with Gasteiger partial charge in [-0.25, -0.2) is 0 Å². The Bertz CT molecular complexity index is 805. The molecule has 3 rings (SSSR count). The van der Waals surface area contributed by atoms with Crippen molar-refractivity contribution in [3.05, 3.63) is 70.3 Å². The molecule has 8 nitrogen and oxygen atoms in total. The van der Waals surface area contributed by atoms with Crippen molar-refractivity contribution < 1.29 is 19.2 Å². The zero-order valence-electron chi connectivity index (χ0n) is 13.4. The smallest absolute Gasteiger partial charge is 0.269 e. The largest absolute Gasteiger partial charge is 0.488 e. The second-order valence-electron chi connectivity index (χ2n) is 5.27. The van der Waals surface area contributed by atoms with E-state index >= 15 is 0 Å². The highest BCUT2D eigenvalue weighted by Gasteiger charge is 2.32. The highest BCUT2D eigenvalue weighted by atomic mass is 16.6. The third kappa shape index (κ3) is 3.74. The van der Waals surface area contributed by atoms with E-state index in [9.17, 15) is 14.9 Å². The van der Waals surface area contributed by atoms with Gasteiger partial charge in [-0.2, -0.15) is 5.01 Å². The summed E-state index contributed by atoms with van der Waals surface area (Å²) in [4.78, 5) is 22.0. The van der Waals surface area contributed by atoms with Crippen molar-refractivity contribution in [3.8, 4) is 5.75 Å². The molecule has 1 unspecified atom stereocenters. The van der Waals surface area contributed by atoms with Crippen LogP contribution >= 0.6 is 0 Å². The predicted octanol–water partition coefficient (Wildman–Crippen LogP) is 2.54. The third-order valence-electron chi connectivity index (χ3n) is 3.50. The van der Waals surface area contributed by atoms with Gasteiger partial charge >= 0.3 is 0 Å². The van der Waals surface area contributed by atoms with Crippen LogP contribution in [0.3, 0.4) is 0 Å². The molecule has 0 spiro atoms. The van der Waals surface area contributed by atoms with Crippen LogP contribution in [0, 0.1) is 10.1 Å². The van der Waals surface area contributed by atoms with Gasteiger partial charge in [0.05, 0.1) is 4.92 Å². The van der Waals surface area contributed by atoms with Gasteiger partial charge in [0.25, 0.3) is 5.69 Å². The molecule has 0 saturated carbocycles. The second kappa shape index (κ2) is 7.00. The summed E-state index contributed by atoms with van der Waals surface area (Å²) in [7, 11) is 0. The minimum atomic E-state index is -0.706. The highest BCUT2D eigenvalue weighted by molar-refractivity contribution is 5.96. The number of benzene rings is 2. The summed E-state index contributed by atoms with van der Waals surface area (Å²) >= 11 is 0. The number of hydrogen-bond acceptors (Lipinski definition) is 6. The fraction of sp³-hybridized carbons (Fsp3) is 0.176. The molecule has 1 aliphatic rings. The topological polar surface area (TPSA) is 94.3 Å². The summed E-state index contributed by atoms with van der Waals surface area (Å²) in [5.41, 5.74) is 0.508. The Labute approximate surface area is 143 Å². The number of carbonyl (C=O) groups excluding carboxylic acids is 1. The molecule has 2 aromatic rings. The SMILES string of the molecule is CC(=O)N1N=C(c2ccc([N+](=O)[O-])cc2)OC1COc1ccccc1. The summed E-state index contributed by atoms with van der Waals surface area (Å²) in [6.07, 6.45) is -0.706. The lowest BCUT2D eigenvalue weighted by Crippen LogP contribution is -2.36. The Morgan fingerprint density at radius 1 is 1.24 bits per heavy atom. The number of amides is 1. The molecule has 1 heterocycles. The maximum absolute atomic E-state index is 11.8. The van der Waals surface area contributed by atoms with Gasteiger partial charge in [0, 0.05) is 24.6 Å². The van der Waals surface area contributed by atoms with Gasteiger partial charge in [-0.05, 0) is 24.3 Å².